The molecule has 164 valence electrons. The lowest BCUT2D eigenvalue weighted by molar-refractivity contribution is -0.699. The van der Waals surface area contributed by atoms with Crippen LogP contribution >= 0.6 is 0 Å². The highest BCUT2D eigenvalue weighted by Gasteiger charge is 2.05. The van der Waals surface area contributed by atoms with Gasteiger partial charge in [-0.15, -0.1) is 9.36 Å². The molecule has 29 heavy (non-hydrogen) atoms. The first kappa shape index (κ1) is 23.4. The maximum atomic E-state index is 5.61. The number of hydrogen-bond donors (Lipinski definition) is 0. The predicted molar refractivity (Wildman–Crippen MR) is 107 cm³/mol. The van der Waals surface area contributed by atoms with Crippen molar-refractivity contribution < 1.29 is 23.3 Å². The molecule has 2 aromatic heterocycles. The number of aryl methyl sites for hydroxylation is 2. The van der Waals surface area contributed by atoms with Gasteiger partial charge in [-0.05, 0) is 12.8 Å². The minimum absolute atomic E-state index is 0.586. The summed E-state index contributed by atoms with van der Waals surface area (Å²) < 4.78 is 24.8. The van der Waals surface area contributed by atoms with Gasteiger partial charge in [0, 0.05) is 10.2 Å². The van der Waals surface area contributed by atoms with Gasteiger partial charge in [-0.25, -0.2) is 9.13 Å². The Balaban J connectivity index is 1.37. The lowest BCUT2D eigenvalue weighted by Gasteiger charge is -2.06. The van der Waals surface area contributed by atoms with Crippen LogP contribution in [0.25, 0.3) is 0 Å². The number of aromatic nitrogens is 6. The topological polar surface area (TPSA) is 71.1 Å². The van der Waals surface area contributed by atoms with Crippen molar-refractivity contribution in [3.05, 3.63) is 25.3 Å². The van der Waals surface area contributed by atoms with Crippen molar-refractivity contribution in [3.63, 3.8) is 0 Å². The van der Waals surface area contributed by atoms with E-state index < -0.39 is 0 Å². The monoisotopic (exact) mass is 410 g/mol. The molecule has 0 aliphatic heterocycles. The summed E-state index contributed by atoms with van der Waals surface area (Å²) in [4.78, 5) is 0. The Hall–Kier alpha value is -1.84. The Labute approximate surface area is 174 Å². The summed E-state index contributed by atoms with van der Waals surface area (Å²) in [5, 5.41) is 8.66. The van der Waals surface area contributed by atoms with Gasteiger partial charge in [0.2, 0.25) is 12.7 Å². The molecule has 9 nitrogen and oxygen atoms in total. The van der Waals surface area contributed by atoms with Crippen molar-refractivity contribution in [2.45, 2.75) is 65.7 Å². The lowest BCUT2D eigenvalue weighted by atomic mass is 10.3. The molecule has 0 saturated heterocycles. The van der Waals surface area contributed by atoms with Gasteiger partial charge < -0.3 is 14.2 Å². The van der Waals surface area contributed by atoms with E-state index in [-0.39, 0.29) is 0 Å². The Kier molecular flexibility index (Phi) is 12.2. The Morgan fingerprint density at radius 2 is 1.07 bits per heavy atom. The molecule has 0 fully saturated rings. The summed E-state index contributed by atoms with van der Waals surface area (Å²) in [6.45, 7) is 11.6. The van der Waals surface area contributed by atoms with Gasteiger partial charge >= 0.3 is 0 Å². The van der Waals surface area contributed by atoms with Gasteiger partial charge in [0.1, 0.15) is 13.1 Å². The number of unbranched alkanes of at least 4 members (excludes halogenated alkanes) is 2. The average Bonchev–Trinajstić information content (AvgIpc) is 3.38. The Bertz CT molecular complexity index is 591. The molecule has 0 unspecified atom stereocenters. The Morgan fingerprint density at radius 3 is 1.48 bits per heavy atom. The van der Waals surface area contributed by atoms with Gasteiger partial charge in [-0.1, -0.05) is 26.7 Å². The van der Waals surface area contributed by atoms with Gasteiger partial charge in [0.05, 0.1) is 52.7 Å². The van der Waals surface area contributed by atoms with Gasteiger partial charge in [-0.3, -0.25) is 0 Å². The maximum Gasteiger partial charge on any atom is 0.265 e. The maximum absolute atomic E-state index is 5.61. The van der Waals surface area contributed by atoms with Crippen molar-refractivity contribution in [2.75, 3.05) is 39.6 Å². The van der Waals surface area contributed by atoms with E-state index in [9.17, 15) is 0 Å². The molecule has 0 bridgehead atoms. The predicted octanol–water partition coefficient (Wildman–Crippen LogP) is 1.00. The van der Waals surface area contributed by atoms with E-state index in [2.05, 4.69) is 33.2 Å². The minimum atomic E-state index is 0.586. The highest BCUT2D eigenvalue weighted by molar-refractivity contribution is 4.47. The molecule has 0 aliphatic rings. The fraction of sp³-hybridized carbons (Fsp3) is 0.800. The van der Waals surface area contributed by atoms with E-state index in [0.717, 1.165) is 39.0 Å². The van der Waals surface area contributed by atoms with E-state index in [4.69, 9.17) is 14.2 Å². The number of rotatable bonds is 18. The highest BCUT2D eigenvalue weighted by Crippen LogP contribution is 1.91. The fourth-order valence-corrected chi connectivity index (χ4v) is 2.71. The quantitative estimate of drug-likeness (QED) is 0.271. The van der Waals surface area contributed by atoms with E-state index in [1.807, 2.05) is 34.7 Å². The average molecular weight is 411 g/mol. The van der Waals surface area contributed by atoms with Crippen LogP contribution in [0.4, 0.5) is 0 Å². The molecule has 0 aromatic carbocycles. The number of nitrogens with zero attached hydrogens (tertiary/aromatic N) is 6. The molecule has 2 heterocycles. The van der Waals surface area contributed by atoms with Crippen LogP contribution in [0.5, 0.6) is 0 Å². The smallest absolute Gasteiger partial charge is 0.265 e. The molecular formula is C20H38N6O3+2. The Morgan fingerprint density at radius 1 is 0.655 bits per heavy atom. The van der Waals surface area contributed by atoms with Crippen LogP contribution in [0.3, 0.4) is 0 Å². The fourth-order valence-electron chi connectivity index (χ4n) is 2.71. The molecule has 9 heteroatoms. The van der Waals surface area contributed by atoms with Crippen molar-refractivity contribution in [3.8, 4) is 0 Å². The summed E-state index contributed by atoms with van der Waals surface area (Å²) in [7, 11) is 0. The lowest BCUT2D eigenvalue weighted by Crippen LogP contribution is -2.34. The van der Waals surface area contributed by atoms with E-state index in [1.54, 1.807) is 0 Å². The van der Waals surface area contributed by atoms with E-state index in [1.165, 1.54) is 12.8 Å². The highest BCUT2D eigenvalue weighted by atomic mass is 16.5. The van der Waals surface area contributed by atoms with Crippen LogP contribution < -0.4 is 9.13 Å². The van der Waals surface area contributed by atoms with Crippen LogP contribution in [0.2, 0.25) is 0 Å². The molecule has 0 N–H and O–H groups in total. The zero-order chi connectivity index (χ0) is 20.6. The van der Waals surface area contributed by atoms with Crippen molar-refractivity contribution in [1.82, 2.24) is 19.6 Å². The molecule has 0 aliphatic carbocycles. The van der Waals surface area contributed by atoms with Crippen LogP contribution in [0.1, 0.15) is 39.5 Å². The molecule has 0 spiro atoms. The first-order valence-corrected chi connectivity index (χ1v) is 10.9. The molecule has 2 aromatic rings. The third-order valence-electron chi connectivity index (χ3n) is 4.47. The molecular weight excluding hydrogens is 372 g/mol. The summed E-state index contributed by atoms with van der Waals surface area (Å²) in [5.74, 6) is 0. The van der Waals surface area contributed by atoms with Gasteiger partial charge in [0.25, 0.3) is 12.7 Å². The van der Waals surface area contributed by atoms with E-state index >= 15 is 0 Å². The minimum Gasteiger partial charge on any atom is -0.377 e. The zero-order valence-electron chi connectivity index (χ0n) is 18.1. The summed E-state index contributed by atoms with van der Waals surface area (Å²) in [5.41, 5.74) is 0. The van der Waals surface area contributed by atoms with Crippen molar-refractivity contribution >= 4 is 0 Å². The molecule has 0 amide bonds. The normalized spacial score (nSPS) is 11.4. The largest absolute Gasteiger partial charge is 0.377 e. The molecule has 0 radical (unpaired) electrons. The van der Waals surface area contributed by atoms with Gasteiger partial charge in [-0.2, -0.15) is 0 Å². The first-order chi connectivity index (χ1) is 14.3. The second-order valence-electron chi connectivity index (χ2n) is 7.04. The molecule has 2 rings (SSSR count). The third kappa shape index (κ3) is 10.5. The third-order valence-corrected chi connectivity index (χ3v) is 4.47. The molecule has 0 saturated carbocycles. The summed E-state index contributed by atoms with van der Waals surface area (Å²) in [6.07, 6.45) is 12.4. The van der Waals surface area contributed by atoms with Gasteiger partial charge in [0.15, 0.2) is 0 Å². The summed E-state index contributed by atoms with van der Waals surface area (Å²) >= 11 is 0. The number of ether oxygens (including phenoxy) is 3. The first-order valence-electron chi connectivity index (χ1n) is 10.9. The molecule has 0 atom stereocenters. The van der Waals surface area contributed by atoms with Crippen LogP contribution in [0, 0.1) is 0 Å². The standard InChI is InChI=1S/C20H38N6O3/c1-3-5-7-25-19-23(17-21-25)9-11-27-13-15-29-16-14-28-12-10-24-18-22-26(20-24)8-6-4-2/h17-20H,3-16H2,1-2H3/q+2. The van der Waals surface area contributed by atoms with E-state index in [0.29, 0.717) is 39.6 Å². The SMILES string of the molecule is CCCCn1c[n+](CCOCCOCCOCC[n+]2cnn(CCCC)c2)cn1. The second-order valence-corrected chi connectivity index (χ2v) is 7.04. The van der Waals surface area contributed by atoms with Crippen LogP contribution in [0.15, 0.2) is 25.3 Å². The van der Waals surface area contributed by atoms with Crippen molar-refractivity contribution in [1.29, 1.82) is 0 Å². The number of hydrogen-bond acceptors (Lipinski definition) is 5. The zero-order valence-corrected chi connectivity index (χ0v) is 18.1. The second kappa shape index (κ2) is 15.1. The summed E-state index contributed by atoms with van der Waals surface area (Å²) in [6, 6.07) is 0. The van der Waals surface area contributed by atoms with Crippen molar-refractivity contribution in [2.24, 2.45) is 0 Å². The van der Waals surface area contributed by atoms with Crippen LogP contribution in [-0.2, 0) is 40.4 Å². The van der Waals surface area contributed by atoms with Crippen LogP contribution in [-0.4, -0.2) is 59.2 Å².